The summed E-state index contributed by atoms with van der Waals surface area (Å²) in [5.74, 6) is 0.286. The summed E-state index contributed by atoms with van der Waals surface area (Å²) in [6, 6.07) is 15.3. The van der Waals surface area contributed by atoms with Gasteiger partial charge in [0.15, 0.2) is 0 Å². The van der Waals surface area contributed by atoms with Crippen LogP contribution in [-0.2, 0) is 12.8 Å². The standard InChI is InChI=1S/C16H15Br2F/c17-11-13(8-12-4-3-6-15(18)10-12)9-14-5-1-2-7-16(14)19/h1-7,10,13H,8-9,11H2. The van der Waals surface area contributed by atoms with Crippen molar-refractivity contribution in [3.05, 3.63) is 69.9 Å². The third-order valence-corrected chi connectivity index (χ3v) is 4.51. The molecule has 2 aromatic rings. The topological polar surface area (TPSA) is 0 Å². The molecule has 0 aliphatic rings. The van der Waals surface area contributed by atoms with E-state index in [0.29, 0.717) is 5.92 Å². The van der Waals surface area contributed by atoms with Crippen LogP contribution in [0.5, 0.6) is 0 Å². The van der Waals surface area contributed by atoms with Gasteiger partial charge in [0, 0.05) is 9.80 Å². The van der Waals surface area contributed by atoms with Crippen molar-refractivity contribution >= 4 is 31.9 Å². The lowest BCUT2D eigenvalue weighted by atomic mass is 9.94. The maximum absolute atomic E-state index is 13.7. The van der Waals surface area contributed by atoms with Crippen molar-refractivity contribution in [3.8, 4) is 0 Å². The van der Waals surface area contributed by atoms with Crippen LogP contribution in [0.4, 0.5) is 4.39 Å². The smallest absolute Gasteiger partial charge is 0.126 e. The fourth-order valence-electron chi connectivity index (χ4n) is 2.15. The minimum atomic E-state index is -0.109. The summed E-state index contributed by atoms with van der Waals surface area (Å²) in [7, 11) is 0. The zero-order valence-electron chi connectivity index (χ0n) is 10.5. The van der Waals surface area contributed by atoms with Crippen molar-refractivity contribution in [1.29, 1.82) is 0 Å². The molecular formula is C16H15Br2F. The van der Waals surface area contributed by atoms with Crippen LogP contribution in [0.1, 0.15) is 11.1 Å². The van der Waals surface area contributed by atoms with Crippen LogP contribution in [0.15, 0.2) is 53.0 Å². The van der Waals surface area contributed by atoms with Gasteiger partial charge in [-0.15, -0.1) is 0 Å². The first kappa shape index (κ1) is 14.7. The molecule has 0 spiro atoms. The van der Waals surface area contributed by atoms with E-state index in [-0.39, 0.29) is 5.82 Å². The van der Waals surface area contributed by atoms with E-state index in [4.69, 9.17) is 0 Å². The fraction of sp³-hybridized carbons (Fsp3) is 0.250. The van der Waals surface area contributed by atoms with Crippen LogP contribution in [0.3, 0.4) is 0 Å². The highest BCUT2D eigenvalue weighted by Crippen LogP contribution is 2.20. The zero-order valence-corrected chi connectivity index (χ0v) is 13.6. The highest BCUT2D eigenvalue weighted by Gasteiger charge is 2.12. The van der Waals surface area contributed by atoms with Crippen molar-refractivity contribution in [2.24, 2.45) is 5.92 Å². The first-order chi connectivity index (χ1) is 9.19. The van der Waals surface area contributed by atoms with Gasteiger partial charge < -0.3 is 0 Å². The second kappa shape index (κ2) is 7.20. The second-order valence-corrected chi connectivity index (χ2v) is 6.21. The molecule has 0 radical (unpaired) electrons. The first-order valence-electron chi connectivity index (χ1n) is 6.23. The van der Waals surface area contributed by atoms with Crippen LogP contribution in [-0.4, -0.2) is 5.33 Å². The predicted octanol–water partition coefficient (Wildman–Crippen LogP) is 5.38. The van der Waals surface area contributed by atoms with Gasteiger partial charge in [-0.25, -0.2) is 4.39 Å². The van der Waals surface area contributed by atoms with Gasteiger partial charge in [0.1, 0.15) is 5.82 Å². The summed E-state index contributed by atoms with van der Waals surface area (Å²) in [6.07, 6.45) is 1.70. The molecule has 0 aliphatic carbocycles. The summed E-state index contributed by atoms with van der Waals surface area (Å²) in [5.41, 5.74) is 2.07. The predicted molar refractivity (Wildman–Crippen MR) is 85.2 cm³/mol. The third kappa shape index (κ3) is 4.43. The van der Waals surface area contributed by atoms with Crippen molar-refractivity contribution in [2.45, 2.75) is 12.8 Å². The average Bonchev–Trinajstić information content (AvgIpc) is 2.40. The van der Waals surface area contributed by atoms with Gasteiger partial charge in [0.2, 0.25) is 0 Å². The number of hydrogen-bond donors (Lipinski definition) is 0. The average molecular weight is 386 g/mol. The molecule has 0 amide bonds. The van der Waals surface area contributed by atoms with Gasteiger partial charge in [-0.3, -0.25) is 0 Å². The molecule has 0 fully saturated rings. The molecule has 19 heavy (non-hydrogen) atoms. The Balaban J connectivity index is 2.07. The maximum Gasteiger partial charge on any atom is 0.126 e. The van der Waals surface area contributed by atoms with Crippen molar-refractivity contribution < 1.29 is 4.39 Å². The minimum Gasteiger partial charge on any atom is -0.207 e. The molecule has 2 aromatic carbocycles. The van der Waals surface area contributed by atoms with E-state index in [1.807, 2.05) is 24.3 Å². The molecule has 0 heterocycles. The second-order valence-electron chi connectivity index (χ2n) is 4.65. The monoisotopic (exact) mass is 384 g/mol. The van der Waals surface area contributed by atoms with Gasteiger partial charge in [0.05, 0.1) is 0 Å². The lowest BCUT2D eigenvalue weighted by Gasteiger charge is -2.15. The van der Waals surface area contributed by atoms with Crippen LogP contribution >= 0.6 is 31.9 Å². The van der Waals surface area contributed by atoms with E-state index >= 15 is 0 Å². The van der Waals surface area contributed by atoms with E-state index in [1.165, 1.54) is 11.6 Å². The van der Waals surface area contributed by atoms with Gasteiger partial charge in [-0.1, -0.05) is 62.2 Å². The molecule has 3 heteroatoms. The van der Waals surface area contributed by atoms with E-state index in [1.54, 1.807) is 6.07 Å². The quantitative estimate of drug-likeness (QED) is 0.605. The Morgan fingerprint density at radius 2 is 1.79 bits per heavy atom. The molecule has 0 aliphatic heterocycles. The maximum atomic E-state index is 13.7. The Bertz CT molecular complexity index is 540. The number of benzene rings is 2. The number of hydrogen-bond acceptors (Lipinski definition) is 0. The summed E-state index contributed by atoms with van der Waals surface area (Å²) in [4.78, 5) is 0. The highest BCUT2D eigenvalue weighted by atomic mass is 79.9. The lowest BCUT2D eigenvalue weighted by Crippen LogP contribution is -2.11. The Labute approximate surface area is 130 Å². The fourth-order valence-corrected chi connectivity index (χ4v) is 3.06. The molecule has 0 saturated carbocycles. The molecule has 2 rings (SSSR count). The van der Waals surface area contributed by atoms with Gasteiger partial charge in [0.25, 0.3) is 0 Å². The molecule has 0 saturated heterocycles. The number of rotatable bonds is 5. The van der Waals surface area contributed by atoms with Crippen LogP contribution in [0.2, 0.25) is 0 Å². The van der Waals surface area contributed by atoms with E-state index < -0.39 is 0 Å². The van der Waals surface area contributed by atoms with Crippen molar-refractivity contribution in [3.63, 3.8) is 0 Å². The third-order valence-electron chi connectivity index (χ3n) is 3.10. The van der Waals surface area contributed by atoms with E-state index in [0.717, 1.165) is 28.2 Å². The number of alkyl halides is 1. The molecule has 0 aromatic heterocycles. The molecule has 1 atom stereocenters. The molecule has 0 bridgehead atoms. The first-order valence-corrected chi connectivity index (χ1v) is 8.14. The van der Waals surface area contributed by atoms with Gasteiger partial charge in [-0.05, 0) is 48.1 Å². The van der Waals surface area contributed by atoms with E-state index in [2.05, 4.69) is 44.0 Å². The normalized spacial score (nSPS) is 12.4. The van der Waals surface area contributed by atoms with Crippen LogP contribution in [0, 0.1) is 11.7 Å². The lowest BCUT2D eigenvalue weighted by molar-refractivity contribution is 0.550. The Kier molecular flexibility index (Phi) is 5.59. The molecule has 0 N–H and O–H groups in total. The molecule has 1 unspecified atom stereocenters. The Hall–Kier alpha value is -0.670. The number of halogens is 3. The summed E-state index contributed by atoms with van der Waals surface area (Å²) in [6.45, 7) is 0. The largest absolute Gasteiger partial charge is 0.207 e. The summed E-state index contributed by atoms with van der Waals surface area (Å²) in [5, 5.41) is 0.869. The summed E-state index contributed by atoms with van der Waals surface area (Å²) >= 11 is 7.02. The van der Waals surface area contributed by atoms with Crippen LogP contribution < -0.4 is 0 Å². The van der Waals surface area contributed by atoms with Gasteiger partial charge in [-0.2, -0.15) is 0 Å². The minimum absolute atomic E-state index is 0.109. The van der Waals surface area contributed by atoms with E-state index in [9.17, 15) is 4.39 Å². The molecule has 0 nitrogen and oxygen atoms in total. The van der Waals surface area contributed by atoms with Crippen molar-refractivity contribution in [2.75, 3.05) is 5.33 Å². The Morgan fingerprint density at radius 1 is 1.00 bits per heavy atom. The molecular weight excluding hydrogens is 371 g/mol. The SMILES string of the molecule is Fc1ccccc1CC(CBr)Cc1cccc(Br)c1. The summed E-state index contributed by atoms with van der Waals surface area (Å²) < 4.78 is 14.8. The highest BCUT2D eigenvalue weighted by molar-refractivity contribution is 9.10. The zero-order chi connectivity index (χ0) is 13.7. The van der Waals surface area contributed by atoms with Gasteiger partial charge >= 0.3 is 0 Å². The van der Waals surface area contributed by atoms with Crippen LogP contribution in [0.25, 0.3) is 0 Å². The molecule has 100 valence electrons. The van der Waals surface area contributed by atoms with Crippen molar-refractivity contribution in [1.82, 2.24) is 0 Å². The Morgan fingerprint density at radius 3 is 2.47 bits per heavy atom.